The summed E-state index contributed by atoms with van der Waals surface area (Å²) in [4.78, 5) is 24.6. The molecule has 0 radical (unpaired) electrons. The number of halogens is 1. The summed E-state index contributed by atoms with van der Waals surface area (Å²) >= 11 is 3.66. The monoisotopic (exact) mass is 484 g/mol. The number of aryl methyl sites for hydroxylation is 1. The number of nitrogens with one attached hydrogen (secondary N) is 1. The van der Waals surface area contributed by atoms with E-state index in [9.17, 15) is 4.79 Å². The lowest BCUT2D eigenvalue weighted by molar-refractivity contribution is -0.125. The van der Waals surface area contributed by atoms with Crippen LogP contribution in [0.1, 0.15) is 57.0 Å². The molecule has 1 aromatic carbocycles. The number of amides is 1. The minimum atomic E-state index is 0.142. The molecular weight excluding hydrogens is 452 g/mol. The van der Waals surface area contributed by atoms with Gasteiger partial charge in [0.25, 0.3) is 0 Å². The maximum atomic E-state index is 12.4. The molecule has 1 N–H and O–H groups in total. The summed E-state index contributed by atoms with van der Waals surface area (Å²) in [5, 5.41) is 3.23. The SMILES string of the molecule is CCC(CC)C(=O)NC[C@H]1C[C@@H]2CCN1C[C@@H]2c1cc(-c2ccccc2Br)nc(C)n1. The lowest BCUT2D eigenvalue weighted by Gasteiger charge is -2.49. The van der Waals surface area contributed by atoms with Gasteiger partial charge in [-0.25, -0.2) is 9.97 Å². The van der Waals surface area contributed by atoms with E-state index >= 15 is 0 Å². The summed E-state index contributed by atoms with van der Waals surface area (Å²) < 4.78 is 1.06. The number of aromatic nitrogens is 2. The van der Waals surface area contributed by atoms with Crippen LogP contribution >= 0.6 is 15.9 Å². The maximum absolute atomic E-state index is 12.4. The van der Waals surface area contributed by atoms with Crippen molar-refractivity contribution in [3.8, 4) is 11.3 Å². The van der Waals surface area contributed by atoms with E-state index in [1.165, 1.54) is 6.42 Å². The quantitative estimate of drug-likeness (QED) is 0.604. The van der Waals surface area contributed by atoms with Crippen molar-refractivity contribution in [1.29, 1.82) is 0 Å². The molecule has 5 rings (SSSR count). The molecule has 4 atom stereocenters. The highest BCUT2D eigenvalue weighted by Crippen LogP contribution is 2.42. The maximum Gasteiger partial charge on any atom is 0.223 e. The summed E-state index contributed by atoms with van der Waals surface area (Å²) in [5.74, 6) is 2.23. The third-order valence-electron chi connectivity index (χ3n) is 7.13. The largest absolute Gasteiger partial charge is 0.354 e. The van der Waals surface area contributed by atoms with Gasteiger partial charge in [0.15, 0.2) is 0 Å². The van der Waals surface area contributed by atoms with E-state index in [1.54, 1.807) is 0 Å². The number of carbonyl (C=O) groups is 1. The summed E-state index contributed by atoms with van der Waals surface area (Å²) in [5.41, 5.74) is 3.25. The van der Waals surface area contributed by atoms with Crippen LogP contribution in [0.3, 0.4) is 0 Å². The molecule has 1 amide bonds. The summed E-state index contributed by atoms with van der Waals surface area (Å²) in [6.45, 7) is 9.08. The Bertz CT molecular complexity index is 929. The number of nitrogens with zero attached hydrogens (tertiary/aromatic N) is 3. The molecule has 1 aromatic heterocycles. The van der Waals surface area contributed by atoms with Crippen molar-refractivity contribution in [2.75, 3.05) is 19.6 Å². The lowest BCUT2D eigenvalue weighted by Crippen LogP contribution is -2.56. The van der Waals surface area contributed by atoms with Crippen LogP contribution in [-0.2, 0) is 4.79 Å². The smallest absolute Gasteiger partial charge is 0.223 e. The van der Waals surface area contributed by atoms with Crippen LogP contribution in [0, 0.1) is 18.8 Å². The molecule has 1 unspecified atom stereocenters. The molecule has 31 heavy (non-hydrogen) atoms. The number of carbonyl (C=O) groups excluding carboxylic acids is 1. The number of benzene rings is 1. The van der Waals surface area contributed by atoms with Gasteiger partial charge in [-0.05, 0) is 57.2 Å². The Morgan fingerprint density at radius 1 is 1.26 bits per heavy atom. The van der Waals surface area contributed by atoms with Crippen LogP contribution in [0.2, 0.25) is 0 Å². The highest BCUT2D eigenvalue weighted by atomic mass is 79.9. The van der Waals surface area contributed by atoms with Gasteiger partial charge in [0.2, 0.25) is 5.91 Å². The average molecular weight is 485 g/mol. The third-order valence-corrected chi connectivity index (χ3v) is 7.83. The van der Waals surface area contributed by atoms with E-state index in [0.29, 0.717) is 17.9 Å². The fraction of sp³-hybridized carbons (Fsp3) is 0.560. The van der Waals surface area contributed by atoms with E-state index < -0.39 is 0 Å². The Labute approximate surface area is 194 Å². The predicted octanol–water partition coefficient (Wildman–Crippen LogP) is 4.94. The Morgan fingerprint density at radius 2 is 2.03 bits per heavy atom. The standard InChI is InChI=1S/C25H33BrN4O/c1-4-17(5-2)25(31)27-14-19-12-18-10-11-30(19)15-21(18)24-13-23(28-16(3)29-24)20-8-6-7-9-22(20)26/h6-9,13,17-19,21H,4-5,10-12,14-15H2,1-3H3,(H,27,31)/t18-,19+,21-/m0/s1. The van der Waals surface area contributed by atoms with Crippen molar-refractivity contribution in [3.63, 3.8) is 0 Å². The van der Waals surface area contributed by atoms with E-state index in [4.69, 9.17) is 9.97 Å². The Hall–Kier alpha value is -1.79. The molecule has 5 nitrogen and oxygen atoms in total. The Morgan fingerprint density at radius 3 is 2.71 bits per heavy atom. The number of piperidine rings is 3. The van der Waals surface area contributed by atoms with Crippen molar-refractivity contribution >= 4 is 21.8 Å². The van der Waals surface area contributed by atoms with E-state index in [0.717, 1.165) is 66.1 Å². The molecule has 0 saturated carbocycles. The van der Waals surface area contributed by atoms with Gasteiger partial charge in [-0.1, -0.05) is 48.0 Å². The molecule has 2 bridgehead atoms. The van der Waals surface area contributed by atoms with Crippen molar-refractivity contribution < 1.29 is 4.79 Å². The first-order valence-electron chi connectivity index (χ1n) is 11.6. The van der Waals surface area contributed by atoms with Crippen LogP contribution in [0.5, 0.6) is 0 Å². The first kappa shape index (κ1) is 22.4. The van der Waals surface area contributed by atoms with Crippen LogP contribution < -0.4 is 5.32 Å². The van der Waals surface area contributed by atoms with E-state index in [-0.39, 0.29) is 11.8 Å². The van der Waals surface area contributed by atoms with Gasteiger partial charge < -0.3 is 5.32 Å². The number of rotatable bonds is 7. The van der Waals surface area contributed by atoms with Gasteiger partial charge in [-0.3, -0.25) is 9.69 Å². The van der Waals surface area contributed by atoms with Crippen LogP contribution in [0.4, 0.5) is 0 Å². The molecule has 3 saturated heterocycles. The lowest BCUT2D eigenvalue weighted by atomic mass is 9.74. The Kier molecular flexibility index (Phi) is 7.07. The summed E-state index contributed by atoms with van der Waals surface area (Å²) in [7, 11) is 0. The van der Waals surface area contributed by atoms with Gasteiger partial charge in [0.1, 0.15) is 5.82 Å². The molecule has 6 heteroatoms. The first-order valence-corrected chi connectivity index (χ1v) is 12.4. The molecule has 3 aliphatic heterocycles. The van der Waals surface area contributed by atoms with Crippen LogP contribution in [0.25, 0.3) is 11.3 Å². The fourth-order valence-electron chi connectivity index (χ4n) is 5.30. The van der Waals surface area contributed by atoms with Gasteiger partial charge >= 0.3 is 0 Å². The number of hydrogen-bond acceptors (Lipinski definition) is 4. The molecule has 2 aromatic rings. The number of fused-ring (bicyclic) bond motifs is 3. The van der Waals surface area contributed by atoms with Gasteiger partial charge in [0, 0.05) is 46.7 Å². The Balaban J connectivity index is 1.47. The summed E-state index contributed by atoms with van der Waals surface area (Å²) in [6, 6.07) is 10.9. The minimum Gasteiger partial charge on any atom is -0.354 e. The molecule has 166 valence electrons. The second-order valence-electron chi connectivity index (χ2n) is 9.00. The van der Waals surface area contributed by atoms with Crippen molar-refractivity contribution in [2.45, 2.75) is 58.4 Å². The van der Waals surface area contributed by atoms with Gasteiger partial charge in [0.05, 0.1) is 5.69 Å². The van der Waals surface area contributed by atoms with E-state index in [2.05, 4.69) is 58.2 Å². The highest BCUT2D eigenvalue weighted by Gasteiger charge is 2.41. The van der Waals surface area contributed by atoms with Crippen molar-refractivity contribution in [3.05, 3.63) is 46.3 Å². The molecule has 3 fully saturated rings. The van der Waals surface area contributed by atoms with Crippen molar-refractivity contribution in [2.24, 2.45) is 11.8 Å². The van der Waals surface area contributed by atoms with Crippen LogP contribution in [-0.4, -0.2) is 46.5 Å². The molecule has 3 aliphatic rings. The van der Waals surface area contributed by atoms with Crippen molar-refractivity contribution in [1.82, 2.24) is 20.2 Å². The molecular formula is C25H33BrN4O. The van der Waals surface area contributed by atoms with Gasteiger partial charge in [-0.2, -0.15) is 0 Å². The second-order valence-corrected chi connectivity index (χ2v) is 9.86. The molecule has 0 spiro atoms. The topological polar surface area (TPSA) is 58.1 Å². The average Bonchev–Trinajstić information content (AvgIpc) is 2.78. The second kappa shape index (κ2) is 9.78. The normalized spacial score (nSPS) is 25.1. The zero-order valence-corrected chi connectivity index (χ0v) is 20.4. The fourth-order valence-corrected chi connectivity index (χ4v) is 5.78. The van der Waals surface area contributed by atoms with Crippen LogP contribution in [0.15, 0.2) is 34.8 Å². The minimum absolute atomic E-state index is 0.142. The zero-order chi connectivity index (χ0) is 22.0. The van der Waals surface area contributed by atoms with Gasteiger partial charge in [-0.15, -0.1) is 0 Å². The molecule has 4 heterocycles. The first-order chi connectivity index (χ1) is 15.0. The molecule has 0 aliphatic carbocycles. The summed E-state index contributed by atoms with van der Waals surface area (Å²) in [6.07, 6.45) is 4.15. The predicted molar refractivity (Wildman–Crippen MR) is 128 cm³/mol. The zero-order valence-electron chi connectivity index (χ0n) is 18.8. The third kappa shape index (κ3) is 4.85. The highest BCUT2D eigenvalue weighted by molar-refractivity contribution is 9.10. The number of hydrogen-bond donors (Lipinski definition) is 1. The van der Waals surface area contributed by atoms with E-state index in [1.807, 2.05) is 19.1 Å².